The predicted octanol–water partition coefficient (Wildman–Crippen LogP) is 14.0. The van der Waals surface area contributed by atoms with Gasteiger partial charge in [-0.1, -0.05) is 117 Å². The van der Waals surface area contributed by atoms with E-state index in [2.05, 4.69) is 170 Å². The summed E-state index contributed by atoms with van der Waals surface area (Å²) in [5.74, 6) is 0. The highest BCUT2D eigenvalue weighted by atomic mass is 16.3. The molecular weight excluding hydrogens is 669 g/mol. The number of furan rings is 1. The number of benzene rings is 7. The summed E-state index contributed by atoms with van der Waals surface area (Å²) < 4.78 is 6.17. The number of nitrogens with zero attached hydrogens (tertiary/aromatic N) is 2. The fourth-order valence-corrected chi connectivity index (χ4v) is 8.68. The molecular formula is C52H38N2O. The maximum atomic E-state index is 9.58. The Morgan fingerprint density at radius 2 is 1.15 bits per heavy atom. The largest absolute Gasteiger partial charge is 0.456 e. The van der Waals surface area contributed by atoms with Crippen LogP contribution >= 0.6 is 0 Å². The second-order valence-electron chi connectivity index (χ2n) is 15.2. The smallest absolute Gasteiger partial charge is 0.136 e. The quantitative estimate of drug-likeness (QED) is 0.173. The van der Waals surface area contributed by atoms with Gasteiger partial charge in [0.1, 0.15) is 11.2 Å². The molecule has 8 aromatic rings. The Morgan fingerprint density at radius 3 is 1.91 bits per heavy atom. The summed E-state index contributed by atoms with van der Waals surface area (Å²) in [6.45, 7) is 4.69. The molecule has 0 spiro atoms. The van der Waals surface area contributed by atoms with E-state index in [1.54, 1.807) is 0 Å². The summed E-state index contributed by atoms with van der Waals surface area (Å²) in [6, 6.07) is 58.4. The number of fused-ring (bicyclic) bond motifs is 6. The molecule has 0 unspecified atom stereocenters. The van der Waals surface area contributed by atoms with Gasteiger partial charge in [0.2, 0.25) is 0 Å². The Labute approximate surface area is 321 Å². The van der Waals surface area contributed by atoms with E-state index in [1.165, 1.54) is 55.8 Å². The van der Waals surface area contributed by atoms with Gasteiger partial charge in [-0.25, -0.2) is 0 Å². The molecule has 0 aliphatic heterocycles. The van der Waals surface area contributed by atoms with E-state index in [9.17, 15) is 5.26 Å². The van der Waals surface area contributed by atoms with Crippen LogP contribution in [0.15, 0.2) is 180 Å². The topological polar surface area (TPSA) is 40.2 Å². The van der Waals surface area contributed by atoms with Crippen LogP contribution in [0.1, 0.15) is 48.9 Å². The van der Waals surface area contributed by atoms with E-state index >= 15 is 0 Å². The first-order valence-corrected chi connectivity index (χ1v) is 19.0. The third kappa shape index (κ3) is 5.58. The van der Waals surface area contributed by atoms with E-state index in [4.69, 9.17) is 4.42 Å². The molecule has 3 nitrogen and oxygen atoms in total. The van der Waals surface area contributed by atoms with Crippen LogP contribution in [0, 0.1) is 11.3 Å². The van der Waals surface area contributed by atoms with Gasteiger partial charge < -0.3 is 9.32 Å². The molecule has 2 aliphatic rings. The number of allylic oxidation sites excluding steroid dienone is 4. The molecule has 10 rings (SSSR count). The SMILES string of the molecule is CC1(C)c2cc(-c3ccccc3)ccc2-c2ccc(N(C3=CC=C(c4ccc(-c5ccc6c(c5)oc5ccccc56)cc4)CC3)c3ccc(C#N)cc3)cc21. The maximum absolute atomic E-state index is 9.58. The van der Waals surface area contributed by atoms with E-state index < -0.39 is 0 Å². The molecule has 0 N–H and O–H groups in total. The number of para-hydroxylation sites is 1. The van der Waals surface area contributed by atoms with Crippen LogP contribution in [0.25, 0.3) is 60.9 Å². The zero-order valence-corrected chi connectivity index (χ0v) is 30.9. The maximum Gasteiger partial charge on any atom is 0.136 e. The molecule has 1 heterocycles. The van der Waals surface area contributed by atoms with Crippen LogP contribution in [-0.2, 0) is 5.41 Å². The van der Waals surface area contributed by atoms with E-state index in [1.807, 2.05) is 24.3 Å². The fraction of sp³-hybridized carbons (Fsp3) is 0.0962. The average molecular weight is 707 g/mol. The molecule has 262 valence electrons. The standard InChI is InChI=1S/C52H38N2O/c1-52(2)48-30-39(35-8-4-3-5-9-35)20-27-44(48)45-29-26-43(32-49(45)52)54(41-22-12-34(33-53)13-23-41)42-24-18-37(19-25-42)36-14-16-38(17-15-36)40-21-28-47-46-10-6-7-11-50(46)55-51(47)31-40/h3-18,20-24,26-32H,19,25H2,1-2H3. The van der Waals surface area contributed by atoms with Crippen molar-refractivity contribution in [3.63, 3.8) is 0 Å². The normalized spacial score (nSPS) is 14.2. The summed E-state index contributed by atoms with van der Waals surface area (Å²) in [7, 11) is 0. The van der Waals surface area contributed by atoms with Crippen molar-refractivity contribution < 1.29 is 4.42 Å². The van der Waals surface area contributed by atoms with Crippen molar-refractivity contribution in [1.82, 2.24) is 0 Å². The van der Waals surface area contributed by atoms with E-state index in [0.717, 1.165) is 51.7 Å². The van der Waals surface area contributed by atoms with Crippen molar-refractivity contribution in [2.45, 2.75) is 32.1 Å². The van der Waals surface area contributed by atoms with Crippen molar-refractivity contribution in [3.05, 3.63) is 198 Å². The average Bonchev–Trinajstić information content (AvgIpc) is 3.72. The number of anilines is 2. The van der Waals surface area contributed by atoms with Crippen LogP contribution in [0.5, 0.6) is 0 Å². The summed E-state index contributed by atoms with van der Waals surface area (Å²) in [4.78, 5) is 2.38. The van der Waals surface area contributed by atoms with Gasteiger partial charge in [-0.2, -0.15) is 5.26 Å². The summed E-state index contributed by atoms with van der Waals surface area (Å²) in [5, 5.41) is 11.9. The summed E-state index contributed by atoms with van der Waals surface area (Å²) >= 11 is 0. The van der Waals surface area contributed by atoms with Crippen molar-refractivity contribution in [2.75, 3.05) is 4.90 Å². The lowest BCUT2D eigenvalue weighted by Crippen LogP contribution is -2.20. The lowest BCUT2D eigenvalue weighted by molar-refractivity contribution is 0.660. The zero-order chi connectivity index (χ0) is 37.1. The Hall–Kier alpha value is -6.89. The van der Waals surface area contributed by atoms with Crippen LogP contribution in [0.3, 0.4) is 0 Å². The molecule has 3 heteroatoms. The molecule has 0 radical (unpaired) electrons. The van der Waals surface area contributed by atoms with Gasteiger partial charge in [-0.05, 0) is 135 Å². The molecule has 0 saturated heterocycles. The van der Waals surface area contributed by atoms with Gasteiger partial charge in [0.05, 0.1) is 11.6 Å². The molecule has 0 atom stereocenters. The van der Waals surface area contributed by atoms with Crippen LogP contribution < -0.4 is 4.90 Å². The molecule has 55 heavy (non-hydrogen) atoms. The van der Waals surface area contributed by atoms with E-state index in [0.29, 0.717) is 5.56 Å². The predicted molar refractivity (Wildman–Crippen MR) is 227 cm³/mol. The monoisotopic (exact) mass is 706 g/mol. The highest BCUT2D eigenvalue weighted by Gasteiger charge is 2.36. The minimum Gasteiger partial charge on any atom is -0.456 e. The van der Waals surface area contributed by atoms with Crippen molar-refractivity contribution in [2.24, 2.45) is 0 Å². The van der Waals surface area contributed by atoms with Gasteiger partial charge in [0, 0.05) is 33.3 Å². The second-order valence-corrected chi connectivity index (χ2v) is 15.2. The lowest BCUT2D eigenvalue weighted by atomic mass is 9.81. The summed E-state index contributed by atoms with van der Waals surface area (Å²) in [5.41, 5.74) is 18.4. The first-order valence-electron chi connectivity index (χ1n) is 19.0. The van der Waals surface area contributed by atoms with Crippen LogP contribution in [-0.4, -0.2) is 0 Å². The summed E-state index contributed by atoms with van der Waals surface area (Å²) in [6.07, 6.45) is 6.37. The molecule has 2 aliphatic carbocycles. The fourth-order valence-electron chi connectivity index (χ4n) is 8.68. The number of hydrogen-bond acceptors (Lipinski definition) is 3. The molecule has 0 saturated carbocycles. The third-order valence-corrected chi connectivity index (χ3v) is 11.7. The molecule has 0 bridgehead atoms. The number of hydrogen-bond donors (Lipinski definition) is 0. The highest BCUT2D eigenvalue weighted by molar-refractivity contribution is 6.05. The molecule has 0 fully saturated rings. The van der Waals surface area contributed by atoms with Crippen molar-refractivity contribution in [1.29, 1.82) is 5.26 Å². The third-order valence-electron chi connectivity index (χ3n) is 11.7. The number of nitriles is 1. The molecule has 7 aromatic carbocycles. The van der Waals surface area contributed by atoms with Gasteiger partial charge in [0.25, 0.3) is 0 Å². The van der Waals surface area contributed by atoms with Crippen molar-refractivity contribution in [3.8, 4) is 39.4 Å². The van der Waals surface area contributed by atoms with Crippen LogP contribution in [0.4, 0.5) is 11.4 Å². The zero-order valence-electron chi connectivity index (χ0n) is 30.9. The number of rotatable bonds is 6. The minimum absolute atomic E-state index is 0.167. The second kappa shape index (κ2) is 12.9. The van der Waals surface area contributed by atoms with Crippen molar-refractivity contribution >= 4 is 38.9 Å². The first-order chi connectivity index (χ1) is 26.9. The van der Waals surface area contributed by atoms with Gasteiger partial charge in [-0.3, -0.25) is 0 Å². The van der Waals surface area contributed by atoms with Gasteiger partial charge in [-0.15, -0.1) is 0 Å². The highest BCUT2D eigenvalue weighted by Crippen LogP contribution is 2.51. The Morgan fingerprint density at radius 1 is 0.527 bits per heavy atom. The van der Waals surface area contributed by atoms with Gasteiger partial charge >= 0.3 is 0 Å². The Bertz CT molecular complexity index is 2880. The first kappa shape index (κ1) is 32.7. The molecule has 0 amide bonds. The minimum atomic E-state index is -0.167. The Balaban J connectivity index is 0.973. The van der Waals surface area contributed by atoms with Gasteiger partial charge in [0.15, 0.2) is 0 Å². The van der Waals surface area contributed by atoms with E-state index in [-0.39, 0.29) is 5.41 Å². The van der Waals surface area contributed by atoms with Crippen LogP contribution in [0.2, 0.25) is 0 Å². The lowest BCUT2D eigenvalue weighted by Gasteiger charge is -2.31. The molecule has 1 aromatic heterocycles. The Kier molecular flexibility index (Phi) is 7.68.